The van der Waals surface area contributed by atoms with Crippen LogP contribution in [0.4, 0.5) is 5.69 Å². The summed E-state index contributed by atoms with van der Waals surface area (Å²) in [4.78, 5) is 26.1. The van der Waals surface area contributed by atoms with E-state index in [-0.39, 0.29) is 23.1 Å². The van der Waals surface area contributed by atoms with Gasteiger partial charge in [-0.05, 0) is 37.4 Å². The number of carbonyl (C=O) groups is 2. The van der Waals surface area contributed by atoms with Gasteiger partial charge in [0.15, 0.2) is 5.78 Å². The number of benzene rings is 3. The van der Waals surface area contributed by atoms with Crippen molar-refractivity contribution in [2.45, 2.75) is 18.7 Å². The van der Waals surface area contributed by atoms with Gasteiger partial charge in [0.2, 0.25) is 15.9 Å². The number of hydrogen-bond donors (Lipinski definition) is 0. The Hall–Kier alpha value is -3.03. The van der Waals surface area contributed by atoms with Crippen LogP contribution in [0.25, 0.3) is 10.8 Å². The molecule has 0 fully saturated rings. The number of hydrogen-bond acceptors (Lipinski definition) is 4. The molecule has 0 bridgehead atoms. The predicted octanol–water partition coefficient (Wildman–Crippen LogP) is 3.72. The number of carbonyl (C=O) groups excluding carboxylic acids is 2. The number of Topliss-reactive ketones (excluding diaryl/α,β-unsaturated/α-hetero) is 1. The second-order valence-electron chi connectivity index (χ2n) is 6.98. The van der Waals surface area contributed by atoms with Gasteiger partial charge in [-0.3, -0.25) is 9.59 Å². The number of sulfonamides is 1. The van der Waals surface area contributed by atoms with E-state index in [1.165, 1.54) is 38.2 Å². The van der Waals surface area contributed by atoms with Gasteiger partial charge >= 0.3 is 0 Å². The van der Waals surface area contributed by atoms with Gasteiger partial charge in [0.25, 0.3) is 0 Å². The van der Waals surface area contributed by atoms with Crippen molar-refractivity contribution in [2.24, 2.45) is 0 Å². The van der Waals surface area contributed by atoms with Crippen LogP contribution < -0.4 is 4.90 Å². The summed E-state index contributed by atoms with van der Waals surface area (Å²) >= 11 is 0. The Morgan fingerprint density at radius 2 is 1.53 bits per heavy atom. The molecule has 7 heteroatoms. The number of likely N-dealkylation sites (N-methyl/N-ethyl adjacent to an activating group) is 2. The summed E-state index contributed by atoms with van der Waals surface area (Å²) in [6.07, 6.45) is 0. The summed E-state index contributed by atoms with van der Waals surface area (Å²) in [6.45, 7) is 3.39. The number of rotatable bonds is 7. The van der Waals surface area contributed by atoms with E-state index in [2.05, 4.69) is 0 Å². The number of anilines is 1. The molecule has 3 aromatic carbocycles. The zero-order valence-electron chi connectivity index (χ0n) is 17.2. The third-order valence-corrected chi connectivity index (χ3v) is 6.82. The quantitative estimate of drug-likeness (QED) is 0.542. The van der Waals surface area contributed by atoms with Gasteiger partial charge in [-0.2, -0.15) is 4.31 Å². The molecule has 0 saturated heterocycles. The minimum Gasteiger partial charge on any atom is -0.311 e. The first-order chi connectivity index (χ1) is 14.3. The monoisotopic (exact) mass is 424 g/mol. The third kappa shape index (κ3) is 4.27. The van der Waals surface area contributed by atoms with E-state index in [1.54, 1.807) is 4.90 Å². The zero-order chi connectivity index (χ0) is 21.9. The summed E-state index contributed by atoms with van der Waals surface area (Å²) in [5.41, 5.74) is 1.18. The molecule has 30 heavy (non-hydrogen) atoms. The van der Waals surface area contributed by atoms with Crippen molar-refractivity contribution in [3.05, 3.63) is 72.3 Å². The van der Waals surface area contributed by atoms with Crippen molar-refractivity contribution in [1.82, 2.24) is 4.31 Å². The lowest BCUT2D eigenvalue weighted by Crippen LogP contribution is -2.41. The Morgan fingerprint density at radius 1 is 0.900 bits per heavy atom. The standard InChI is InChI=1S/C23H24N2O4S/c1-4-25(22-11-7-9-19-8-5-6-10-21(19)22)23(27)16-24(3)30(28,29)20-14-12-18(13-15-20)17(2)26/h5-15H,4,16H2,1-3H3. The fourth-order valence-electron chi connectivity index (χ4n) is 3.33. The van der Waals surface area contributed by atoms with Crippen LogP contribution in [0, 0.1) is 0 Å². The van der Waals surface area contributed by atoms with Crippen molar-refractivity contribution in [3.8, 4) is 0 Å². The molecule has 0 aliphatic carbocycles. The molecule has 0 spiro atoms. The van der Waals surface area contributed by atoms with Crippen LogP contribution >= 0.6 is 0 Å². The Balaban J connectivity index is 1.84. The summed E-state index contributed by atoms with van der Waals surface area (Å²) in [5, 5.41) is 1.94. The first kappa shape index (κ1) is 21.7. The highest BCUT2D eigenvalue weighted by molar-refractivity contribution is 7.89. The first-order valence-electron chi connectivity index (χ1n) is 9.61. The highest BCUT2D eigenvalue weighted by atomic mass is 32.2. The molecule has 0 N–H and O–H groups in total. The molecule has 3 aromatic rings. The molecule has 0 unspecified atom stereocenters. The SMILES string of the molecule is CCN(C(=O)CN(C)S(=O)(=O)c1ccc(C(C)=O)cc1)c1cccc2ccccc12. The minimum absolute atomic E-state index is 0.0380. The first-order valence-corrected chi connectivity index (χ1v) is 11.0. The van der Waals surface area contributed by atoms with E-state index in [4.69, 9.17) is 0 Å². The topological polar surface area (TPSA) is 74.8 Å². The molecule has 3 rings (SSSR count). The molecule has 156 valence electrons. The molecular weight excluding hydrogens is 400 g/mol. The molecule has 0 atom stereocenters. The third-order valence-electron chi connectivity index (χ3n) is 5.00. The van der Waals surface area contributed by atoms with Gasteiger partial charge in [-0.15, -0.1) is 0 Å². The molecule has 0 aliphatic rings. The van der Waals surface area contributed by atoms with Gasteiger partial charge in [-0.25, -0.2) is 8.42 Å². The summed E-state index contributed by atoms with van der Waals surface area (Å²) < 4.78 is 26.8. The Labute approximate surface area is 176 Å². The Morgan fingerprint density at radius 3 is 2.17 bits per heavy atom. The maximum Gasteiger partial charge on any atom is 0.243 e. The van der Waals surface area contributed by atoms with Crippen molar-refractivity contribution < 1.29 is 18.0 Å². The van der Waals surface area contributed by atoms with E-state index < -0.39 is 10.0 Å². The molecule has 0 heterocycles. The average molecular weight is 425 g/mol. The maximum atomic E-state index is 13.0. The van der Waals surface area contributed by atoms with Crippen LogP contribution in [0.15, 0.2) is 71.6 Å². The maximum absolute atomic E-state index is 13.0. The van der Waals surface area contributed by atoms with E-state index in [9.17, 15) is 18.0 Å². The molecular formula is C23H24N2O4S. The molecule has 1 amide bonds. The lowest BCUT2D eigenvalue weighted by Gasteiger charge is -2.25. The van der Waals surface area contributed by atoms with Gasteiger partial charge in [0, 0.05) is 24.5 Å². The second kappa shape index (κ2) is 8.77. The fraction of sp³-hybridized carbons (Fsp3) is 0.217. The second-order valence-corrected chi connectivity index (χ2v) is 9.02. The van der Waals surface area contributed by atoms with Gasteiger partial charge in [-0.1, -0.05) is 48.5 Å². The van der Waals surface area contributed by atoms with E-state index >= 15 is 0 Å². The lowest BCUT2D eigenvalue weighted by atomic mass is 10.1. The average Bonchev–Trinajstić information content (AvgIpc) is 2.74. The summed E-state index contributed by atoms with van der Waals surface area (Å²) in [7, 11) is -2.49. The number of nitrogens with zero attached hydrogens (tertiary/aromatic N) is 2. The highest BCUT2D eigenvalue weighted by Gasteiger charge is 2.26. The summed E-state index contributed by atoms with van der Waals surface area (Å²) in [5.74, 6) is -0.462. The Bertz CT molecular complexity index is 1180. The summed E-state index contributed by atoms with van der Waals surface area (Å²) in [6, 6.07) is 19.2. The van der Waals surface area contributed by atoms with Crippen molar-refractivity contribution in [3.63, 3.8) is 0 Å². The highest BCUT2D eigenvalue weighted by Crippen LogP contribution is 2.27. The van der Waals surface area contributed by atoms with Crippen LogP contribution in [0.1, 0.15) is 24.2 Å². The molecule has 0 saturated carbocycles. The van der Waals surface area contributed by atoms with Crippen molar-refractivity contribution in [2.75, 3.05) is 25.0 Å². The van der Waals surface area contributed by atoms with Gasteiger partial charge < -0.3 is 4.90 Å². The molecule has 0 radical (unpaired) electrons. The predicted molar refractivity (Wildman–Crippen MR) is 118 cm³/mol. The molecule has 0 aliphatic heterocycles. The zero-order valence-corrected chi connectivity index (χ0v) is 18.0. The smallest absolute Gasteiger partial charge is 0.243 e. The molecule has 0 aromatic heterocycles. The van der Waals surface area contributed by atoms with Gasteiger partial charge in [0.1, 0.15) is 0 Å². The largest absolute Gasteiger partial charge is 0.311 e. The van der Waals surface area contributed by atoms with Crippen LogP contribution in [0.3, 0.4) is 0 Å². The lowest BCUT2D eigenvalue weighted by molar-refractivity contribution is -0.118. The molecule has 6 nitrogen and oxygen atoms in total. The van der Waals surface area contributed by atoms with Crippen LogP contribution in [-0.4, -0.2) is 44.6 Å². The Kier molecular flexibility index (Phi) is 6.34. The van der Waals surface area contributed by atoms with Crippen molar-refractivity contribution >= 4 is 38.2 Å². The fourth-order valence-corrected chi connectivity index (χ4v) is 4.45. The van der Waals surface area contributed by atoms with E-state index in [0.717, 1.165) is 20.8 Å². The number of fused-ring (bicyclic) bond motifs is 1. The minimum atomic E-state index is -3.87. The van der Waals surface area contributed by atoms with Crippen LogP contribution in [0.5, 0.6) is 0 Å². The normalized spacial score (nSPS) is 11.6. The van der Waals surface area contributed by atoms with E-state index in [1.807, 2.05) is 49.4 Å². The van der Waals surface area contributed by atoms with Gasteiger partial charge in [0.05, 0.1) is 17.1 Å². The number of amides is 1. The van der Waals surface area contributed by atoms with Crippen LogP contribution in [0.2, 0.25) is 0 Å². The van der Waals surface area contributed by atoms with Crippen molar-refractivity contribution in [1.29, 1.82) is 0 Å². The van der Waals surface area contributed by atoms with E-state index in [0.29, 0.717) is 12.1 Å². The van der Waals surface area contributed by atoms with Crippen LogP contribution in [-0.2, 0) is 14.8 Å². The number of ketones is 1.